The Bertz CT molecular complexity index is 1020. The van der Waals surface area contributed by atoms with Gasteiger partial charge in [-0.25, -0.2) is 0 Å². The number of nitro benzene ring substituents is 2. The molecule has 10 nitrogen and oxygen atoms in total. The Labute approximate surface area is 185 Å². The topological polar surface area (TPSA) is 151 Å². The summed E-state index contributed by atoms with van der Waals surface area (Å²) in [4.78, 5) is 29.7. The Hall–Kier alpha value is -3.82. The lowest BCUT2D eigenvalue weighted by Crippen LogP contribution is -2.02. The van der Waals surface area contributed by atoms with Crippen molar-refractivity contribution in [3.8, 4) is 11.5 Å². The average molecular weight is 442 g/mol. The van der Waals surface area contributed by atoms with Gasteiger partial charge in [-0.2, -0.15) is 0 Å². The van der Waals surface area contributed by atoms with Crippen LogP contribution in [0.25, 0.3) is 0 Å². The quantitative estimate of drug-likeness (QED) is 0.250. The SMILES string of the molecule is CC(=NCCCCN=C(C)c1cc(C)cc([N+](=O)[O-])c1O)c1cc(C)cc([N+](=O)[O-])c1O. The van der Waals surface area contributed by atoms with Crippen molar-refractivity contribution < 1.29 is 20.1 Å². The van der Waals surface area contributed by atoms with E-state index in [0.29, 0.717) is 59.6 Å². The van der Waals surface area contributed by atoms with E-state index in [-0.39, 0.29) is 11.4 Å². The van der Waals surface area contributed by atoms with Crippen LogP contribution in [-0.2, 0) is 0 Å². The van der Waals surface area contributed by atoms with Crippen molar-refractivity contribution in [3.05, 3.63) is 66.7 Å². The molecule has 0 heterocycles. The molecule has 0 unspecified atom stereocenters. The van der Waals surface area contributed by atoms with E-state index < -0.39 is 21.3 Å². The molecule has 0 aliphatic carbocycles. The van der Waals surface area contributed by atoms with Gasteiger partial charge in [-0.1, -0.05) is 0 Å². The molecule has 0 atom stereocenters. The predicted molar refractivity (Wildman–Crippen MR) is 122 cm³/mol. The van der Waals surface area contributed by atoms with Gasteiger partial charge < -0.3 is 10.2 Å². The number of phenols is 2. The summed E-state index contributed by atoms with van der Waals surface area (Å²) in [5.74, 6) is -0.789. The molecule has 0 amide bonds. The minimum absolute atomic E-state index is 0.335. The second kappa shape index (κ2) is 10.5. The van der Waals surface area contributed by atoms with Gasteiger partial charge in [-0.05, 0) is 63.8 Å². The highest BCUT2D eigenvalue weighted by Crippen LogP contribution is 2.32. The fourth-order valence-electron chi connectivity index (χ4n) is 3.24. The van der Waals surface area contributed by atoms with E-state index in [1.165, 1.54) is 12.1 Å². The van der Waals surface area contributed by atoms with Crippen LogP contribution in [-0.4, -0.2) is 44.6 Å². The summed E-state index contributed by atoms with van der Waals surface area (Å²) in [6.45, 7) is 7.70. The molecular weight excluding hydrogens is 416 g/mol. The number of hydrogen-bond acceptors (Lipinski definition) is 8. The Morgan fingerprint density at radius 3 is 1.44 bits per heavy atom. The van der Waals surface area contributed by atoms with Crippen molar-refractivity contribution >= 4 is 22.8 Å². The fourth-order valence-corrected chi connectivity index (χ4v) is 3.24. The molecule has 0 saturated heterocycles. The van der Waals surface area contributed by atoms with Gasteiger partial charge in [-0.15, -0.1) is 0 Å². The molecule has 2 aromatic rings. The Balaban J connectivity index is 2.00. The van der Waals surface area contributed by atoms with Crippen molar-refractivity contribution in [3.63, 3.8) is 0 Å². The van der Waals surface area contributed by atoms with Gasteiger partial charge in [0.15, 0.2) is 0 Å². The first-order valence-corrected chi connectivity index (χ1v) is 10.0. The molecule has 0 aliphatic rings. The van der Waals surface area contributed by atoms with Crippen molar-refractivity contribution in [2.45, 2.75) is 40.5 Å². The van der Waals surface area contributed by atoms with Gasteiger partial charge >= 0.3 is 11.4 Å². The minimum atomic E-state index is -0.625. The number of aromatic hydroxyl groups is 2. The molecule has 0 spiro atoms. The molecule has 0 aliphatic heterocycles. The molecule has 0 saturated carbocycles. The highest BCUT2D eigenvalue weighted by atomic mass is 16.6. The van der Waals surface area contributed by atoms with E-state index in [1.807, 2.05) is 0 Å². The number of nitro groups is 2. The minimum Gasteiger partial charge on any atom is -0.502 e. The zero-order valence-corrected chi connectivity index (χ0v) is 18.5. The molecule has 0 radical (unpaired) electrons. The van der Waals surface area contributed by atoms with Crippen LogP contribution in [0.15, 0.2) is 34.3 Å². The number of phenolic OH excluding ortho intramolecular Hbond substituents is 2. The maximum absolute atomic E-state index is 11.1. The van der Waals surface area contributed by atoms with Crippen LogP contribution in [0.4, 0.5) is 11.4 Å². The number of hydrogen-bond donors (Lipinski definition) is 2. The van der Waals surface area contributed by atoms with Crippen LogP contribution in [0.3, 0.4) is 0 Å². The Morgan fingerprint density at radius 1 is 0.781 bits per heavy atom. The van der Waals surface area contributed by atoms with Crippen molar-refractivity contribution in [1.29, 1.82) is 0 Å². The third-order valence-corrected chi connectivity index (χ3v) is 4.91. The first-order chi connectivity index (χ1) is 15.0. The lowest BCUT2D eigenvalue weighted by molar-refractivity contribution is -0.386. The monoisotopic (exact) mass is 442 g/mol. The predicted octanol–water partition coefficient (Wildman–Crippen LogP) is 4.63. The number of aliphatic imine (C=N–C) groups is 2. The zero-order chi connectivity index (χ0) is 24.0. The van der Waals surface area contributed by atoms with Gasteiger partial charge in [-0.3, -0.25) is 30.2 Å². The number of unbranched alkanes of at least 4 members (excludes halogenated alkanes) is 1. The molecule has 0 fully saturated rings. The van der Waals surface area contributed by atoms with Gasteiger partial charge in [0.1, 0.15) is 0 Å². The van der Waals surface area contributed by atoms with Gasteiger partial charge in [0.2, 0.25) is 11.5 Å². The number of aryl methyl sites for hydroxylation is 2. The average Bonchev–Trinajstić information content (AvgIpc) is 2.72. The van der Waals surface area contributed by atoms with Crippen LogP contribution < -0.4 is 0 Å². The van der Waals surface area contributed by atoms with E-state index in [4.69, 9.17) is 0 Å². The normalized spacial score (nSPS) is 12.1. The molecule has 170 valence electrons. The second-order valence-corrected chi connectivity index (χ2v) is 7.52. The Kier molecular flexibility index (Phi) is 8.00. The summed E-state index contributed by atoms with van der Waals surface area (Å²) in [6.07, 6.45) is 1.37. The summed E-state index contributed by atoms with van der Waals surface area (Å²) < 4.78 is 0. The number of rotatable bonds is 9. The molecule has 2 aromatic carbocycles. The van der Waals surface area contributed by atoms with Crippen molar-refractivity contribution in [1.82, 2.24) is 0 Å². The zero-order valence-electron chi connectivity index (χ0n) is 18.5. The highest BCUT2D eigenvalue weighted by Gasteiger charge is 2.20. The summed E-state index contributed by atoms with van der Waals surface area (Å²) in [5.41, 5.74) is 2.30. The maximum atomic E-state index is 11.1. The van der Waals surface area contributed by atoms with E-state index >= 15 is 0 Å². The Morgan fingerprint density at radius 2 is 1.12 bits per heavy atom. The largest absolute Gasteiger partial charge is 0.502 e. The lowest BCUT2D eigenvalue weighted by atomic mass is 10.0. The molecular formula is C22H26N4O6. The molecule has 0 bridgehead atoms. The van der Waals surface area contributed by atoms with E-state index in [9.17, 15) is 30.4 Å². The van der Waals surface area contributed by atoms with Crippen molar-refractivity contribution in [2.24, 2.45) is 9.98 Å². The summed E-state index contributed by atoms with van der Waals surface area (Å²) in [6, 6.07) is 5.94. The highest BCUT2D eigenvalue weighted by molar-refractivity contribution is 6.03. The van der Waals surface area contributed by atoms with Crippen LogP contribution in [0, 0.1) is 34.1 Å². The number of benzene rings is 2. The van der Waals surface area contributed by atoms with Crippen LogP contribution >= 0.6 is 0 Å². The van der Waals surface area contributed by atoms with Crippen LogP contribution in [0.5, 0.6) is 11.5 Å². The second-order valence-electron chi connectivity index (χ2n) is 7.52. The van der Waals surface area contributed by atoms with E-state index in [2.05, 4.69) is 9.98 Å². The molecule has 0 aromatic heterocycles. The first kappa shape index (κ1) is 24.4. The van der Waals surface area contributed by atoms with Gasteiger partial charge in [0.25, 0.3) is 0 Å². The summed E-state index contributed by atoms with van der Waals surface area (Å²) >= 11 is 0. The molecule has 2 N–H and O–H groups in total. The molecule has 32 heavy (non-hydrogen) atoms. The third-order valence-electron chi connectivity index (χ3n) is 4.91. The van der Waals surface area contributed by atoms with Crippen LogP contribution in [0.2, 0.25) is 0 Å². The molecule has 10 heteroatoms. The van der Waals surface area contributed by atoms with E-state index in [1.54, 1.807) is 39.8 Å². The smallest absolute Gasteiger partial charge is 0.311 e. The standard InChI is InChI=1S/C22H26N4O6/c1-13-9-17(21(27)19(11-13)25(29)30)15(3)23-7-5-6-8-24-16(4)18-10-14(2)12-20(22(18)28)26(31)32/h9-12,27-28H,5-8H2,1-4H3. The molecule has 2 rings (SSSR count). The van der Waals surface area contributed by atoms with Crippen LogP contribution in [0.1, 0.15) is 48.9 Å². The maximum Gasteiger partial charge on any atom is 0.311 e. The fraction of sp³-hybridized carbons (Fsp3) is 0.364. The summed E-state index contributed by atoms with van der Waals surface area (Å²) in [5, 5.41) is 42.5. The van der Waals surface area contributed by atoms with Gasteiger partial charge in [0, 0.05) is 47.8 Å². The first-order valence-electron chi connectivity index (χ1n) is 10.0. The lowest BCUT2D eigenvalue weighted by Gasteiger charge is -2.07. The third kappa shape index (κ3) is 5.87. The van der Waals surface area contributed by atoms with Gasteiger partial charge in [0.05, 0.1) is 9.85 Å². The van der Waals surface area contributed by atoms with Crippen molar-refractivity contribution in [2.75, 3.05) is 13.1 Å². The number of nitrogens with zero attached hydrogens (tertiary/aromatic N) is 4. The summed E-state index contributed by atoms with van der Waals surface area (Å²) in [7, 11) is 0. The van der Waals surface area contributed by atoms with E-state index in [0.717, 1.165) is 0 Å².